The molecule has 1 saturated heterocycles. The normalized spacial score (nSPS) is 26.9. The van der Waals surface area contributed by atoms with Crippen molar-refractivity contribution in [1.29, 1.82) is 0 Å². The second-order valence-electron chi connectivity index (χ2n) is 9.75. The maximum atomic E-state index is 12.7. The van der Waals surface area contributed by atoms with Crippen LogP contribution in [0.2, 0.25) is 0 Å². The van der Waals surface area contributed by atoms with Gasteiger partial charge in [-0.2, -0.15) is 0 Å². The number of phenolic OH excluding ortho intramolecular Hbond substituents is 1. The van der Waals surface area contributed by atoms with Gasteiger partial charge in [0.05, 0.1) is 0 Å². The number of carboxylic acids is 1. The lowest BCUT2D eigenvalue weighted by molar-refractivity contribution is -0.142. The highest BCUT2D eigenvalue weighted by Gasteiger charge is 2.38. The molecule has 30 heavy (non-hydrogen) atoms. The molecule has 0 radical (unpaired) electrons. The first-order chi connectivity index (χ1) is 14.3. The quantitative estimate of drug-likeness (QED) is 0.606. The van der Waals surface area contributed by atoms with E-state index in [1.165, 1.54) is 12.0 Å². The van der Waals surface area contributed by atoms with Gasteiger partial charge in [-0.15, -0.1) is 0 Å². The molecule has 2 fully saturated rings. The lowest BCUT2D eigenvalue weighted by Gasteiger charge is -2.45. The molecule has 5 heteroatoms. The van der Waals surface area contributed by atoms with E-state index in [-0.39, 0.29) is 23.5 Å². The molecule has 2 aliphatic rings. The zero-order valence-electron chi connectivity index (χ0n) is 18.5. The van der Waals surface area contributed by atoms with E-state index in [1.54, 1.807) is 6.07 Å². The first-order valence-corrected chi connectivity index (χ1v) is 11.6. The molecule has 5 nitrogen and oxygen atoms in total. The van der Waals surface area contributed by atoms with E-state index in [1.807, 2.05) is 12.1 Å². The molecule has 3 rings (SSSR count). The van der Waals surface area contributed by atoms with Crippen LogP contribution in [0.5, 0.6) is 5.75 Å². The number of benzene rings is 1. The summed E-state index contributed by atoms with van der Waals surface area (Å²) >= 11 is 0. The largest absolute Gasteiger partial charge is 0.508 e. The van der Waals surface area contributed by atoms with Crippen molar-refractivity contribution in [3.63, 3.8) is 0 Å². The van der Waals surface area contributed by atoms with Crippen LogP contribution in [0, 0.1) is 17.8 Å². The van der Waals surface area contributed by atoms with Gasteiger partial charge >= 0.3 is 5.97 Å². The summed E-state index contributed by atoms with van der Waals surface area (Å²) in [5, 5.41) is 19.0. The molecule has 2 N–H and O–H groups in total. The number of aromatic hydroxyl groups is 1. The summed E-state index contributed by atoms with van der Waals surface area (Å²) in [6, 6.07) is 7.62. The smallest absolute Gasteiger partial charge is 0.310 e. The number of piperidine rings is 1. The molecule has 166 valence electrons. The topological polar surface area (TPSA) is 77.8 Å². The zero-order chi connectivity index (χ0) is 21.7. The first-order valence-electron chi connectivity index (χ1n) is 11.6. The second-order valence-corrected chi connectivity index (χ2v) is 9.75. The van der Waals surface area contributed by atoms with Gasteiger partial charge in [-0.1, -0.05) is 45.2 Å². The highest BCUT2D eigenvalue weighted by atomic mass is 16.4. The SMILES string of the molecule is CC1CN(CCC(C(=O)CC(=O)O)C2CCCCC2)CCC1(C)c1cccc(O)c1. The zero-order valence-corrected chi connectivity index (χ0v) is 18.5. The number of phenols is 1. The average molecular weight is 416 g/mol. The van der Waals surface area contributed by atoms with Gasteiger partial charge in [-0.3, -0.25) is 9.59 Å². The van der Waals surface area contributed by atoms with Crippen LogP contribution >= 0.6 is 0 Å². The Labute approximate surface area is 180 Å². The minimum absolute atomic E-state index is 0.0249. The first kappa shape index (κ1) is 22.8. The maximum absolute atomic E-state index is 12.7. The summed E-state index contributed by atoms with van der Waals surface area (Å²) in [7, 11) is 0. The summed E-state index contributed by atoms with van der Waals surface area (Å²) in [6.07, 6.45) is 7.10. The third kappa shape index (κ3) is 5.42. The van der Waals surface area contributed by atoms with E-state index in [9.17, 15) is 14.7 Å². The highest BCUT2D eigenvalue weighted by molar-refractivity contribution is 5.96. The van der Waals surface area contributed by atoms with Gasteiger partial charge in [0.15, 0.2) is 0 Å². The Kier molecular flexibility index (Phi) is 7.56. The number of ketones is 1. The van der Waals surface area contributed by atoms with Crippen LogP contribution in [0.25, 0.3) is 0 Å². The van der Waals surface area contributed by atoms with Crippen LogP contribution in [-0.2, 0) is 15.0 Å². The molecule has 1 aliphatic carbocycles. The van der Waals surface area contributed by atoms with E-state index < -0.39 is 5.97 Å². The molecular weight excluding hydrogens is 378 g/mol. The minimum atomic E-state index is -1.01. The van der Waals surface area contributed by atoms with Crippen molar-refractivity contribution < 1.29 is 19.8 Å². The molecule has 1 aromatic rings. The van der Waals surface area contributed by atoms with E-state index in [4.69, 9.17) is 5.11 Å². The Morgan fingerprint density at radius 3 is 2.60 bits per heavy atom. The minimum Gasteiger partial charge on any atom is -0.508 e. The number of nitrogens with zero attached hydrogens (tertiary/aromatic N) is 1. The lowest BCUT2D eigenvalue weighted by Crippen LogP contribution is -2.48. The number of carboxylic acid groups (broad SMARTS) is 1. The Morgan fingerprint density at radius 2 is 1.97 bits per heavy atom. The molecule has 0 amide bonds. The number of likely N-dealkylation sites (tertiary alicyclic amines) is 1. The van der Waals surface area contributed by atoms with Crippen LogP contribution in [-0.4, -0.2) is 46.5 Å². The summed E-state index contributed by atoms with van der Waals surface area (Å²) in [5.74, 6) is -0.105. The van der Waals surface area contributed by atoms with Gasteiger partial charge in [0.25, 0.3) is 0 Å². The molecule has 3 unspecified atom stereocenters. The molecule has 0 spiro atoms. The van der Waals surface area contributed by atoms with Crippen molar-refractivity contribution in [3.8, 4) is 5.75 Å². The van der Waals surface area contributed by atoms with Gasteiger partial charge in [0, 0.05) is 12.5 Å². The molecule has 1 aliphatic heterocycles. The summed E-state index contributed by atoms with van der Waals surface area (Å²) in [6.45, 7) is 7.32. The summed E-state index contributed by atoms with van der Waals surface area (Å²) < 4.78 is 0. The highest BCUT2D eigenvalue weighted by Crippen LogP contribution is 2.41. The standard InChI is InChI=1S/C25H37NO4/c1-18-17-26(14-12-25(18,2)20-9-6-10-21(27)15-20)13-11-22(23(28)16-24(29)30)19-7-4-3-5-8-19/h6,9-10,15,18-19,22,27H,3-5,7-8,11-14,16-17H2,1-2H3,(H,29,30). The van der Waals surface area contributed by atoms with E-state index in [0.29, 0.717) is 17.6 Å². The second kappa shape index (κ2) is 9.95. The molecule has 0 aromatic heterocycles. The van der Waals surface area contributed by atoms with Crippen LogP contribution in [0.15, 0.2) is 24.3 Å². The lowest BCUT2D eigenvalue weighted by atomic mass is 9.68. The van der Waals surface area contributed by atoms with Crippen molar-refractivity contribution in [3.05, 3.63) is 29.8 Å². The molecule has 0 bridgehead atoms. The number of rotatable bonds is 8. The monoisotopic (exact) mass is 415 g/mol. The van der Waals surface area contributed by atoms with Gasteiger partial charge in [-0.05, 0) is 73.7 Å². The Balaban J connectivity index is 1.61. The van der Waals surface area contributed by atoms with Crippen molar-refractivity contribution in [2.45, 2.75) is 70.6 Å². The molecule has 3 atom stereocenters. The van der Waals surface area contributed by atoms with Crippen LogP contribution in [0.1, 0.15) is 70.8 Å². The third-order valence-corrected chi connectivity index (χ3v) is 7.79. The maximum Gasteiger partial charge on any atom is 0.310 e. The van der Waals surface area contributed by atoms with Crippen molar-refractivity contribution >= 4 is 11.8 Å². The number of aliphatic carboxylic acids is 1. The number of carbonyl (C=O) groups is 2. The van der Waals surface area contributed by atoms with Gasteiger partial charge in [-0.25, -0.2) is 0 Å². The molecule has 1 saturated carbocycles. The van der Waals surface area contributed by atoms with Crippen molar-refractivity contribution in [2.24, 2.45) is 17.8 Å². The van der Waals surface area contributed by atoms with Crippen molar-refractivity contribution in [2.75, 3.05) is 19.6 Å². The van der Waals surface area contributed by atoms with E-state index in [2.05, 4.69) is 24.8 Å². The van der Waals surface area contributed by atoms with Crippen molar-refractivity contribution in [1.82, 2.24) is 4.90 Å². The van der Waals surface area contributed by atoms with Gasteiger partial charge < -0.3 is 15.1 Å². The fourth-order valence-electron chi connectivity index (χ4n) is 5.61. The van der Waals surface area contributed by atoms with Crippen LogP contribution < -0.4 is 0 Å². The van der Waals surface area contributed by atoms with Gasteiger partial charge in [0.1, 0.15) is 18.0 Å². The Hall–Kier alpha value is -1.88. The van der Waals surface area contributed by atoms with E-state index >= 15 is 0 Å². The van der Waals surface area contributed by atoms with Crippen LogP contribution in [0.3, 0.4) is 0 Å². The fraction of sp³-hybridized carbons (Fsp3) is 0.680. The molecular formula is C25H37NO4. The molecule has 1 aromatic carbocycles. The fourth-order valence-corrected chi connectivity index (χ4v) is 5.61. The average Bonchev–Trinajstić information content (AvgIpc) is 2.71. The van der Waals surface area contributed by atoms with Gasteiger partial charge in [0.2, 0.25) is 0 Å². The van der Waals surface area contributed by atoms with Crippen LogP contribution in [0.4, 0.5) is 0 Å². The number of carbonyl (C=O) groups excluding carboxylic acids is 1. The third-order valence-electron chi connectivity index (χ3n) is 7.79. The Bertz CT molecular complexity index is 742. The predicted molar refractivity (Wildman–Crippen MR) is 118 cm³/mol. The predicted octanol–water partition coefficient (Wildman–Crippen LogP) is 4.62. The summed E-state index contributed by atoms with van der Waals surface area (Å²) in [5.41, 5.74) is 1.21. The molecule has 1 heterocycles. The van der Waals surface area contributed by atoms with E-state index in [0.717, 1.165) is 58.2 Å². The number of hydrogen-bond acceptors (Lipinski definition) is 4. The summed E-state index contributed by atoms with van der Waals surface area (Å²) in [4.78, 5) is 26.3. The Morgan fingerprint density at radius 1 is 1.23 bits per heavy atom. The number of hydrogen-bond donors (Lipinski definition) is 2. The number of Topliss-reactive ketones (excluding diaryl/α,β-unsaturated/α-hetero) is 1.